The zero-order valence-corrected chi connectivity index (χ0v) is 13.3. The van der Waals surface area contributed by atoms with Crippen molar-refractivity contribution in [2.45, 2.75) is 6.54 Å². The van der Waals surface area contributed by atoms with Crippen molar-refractivity contribution in [2.75, 3.05) is 0 Å². The van der Waals surface area contributed by atoms with Gasteiger partial charge in [-0.15, -0.1) is 5.10 Å². The topological polar surface area (TPSA) is 72.2 Å². The lowest BCUT2D eigenvalue weighted by Gasteiger charge is -2.02. The fourth-order valence-corrected chi connectivity index (χ4v) is 2.36. The van der Waals surface area contributed by atoms with Crippen molar-refractivity contribution in [2.24, 2.45) is 5.10 Å². The third-order valence-corrected chi connectivity index (χ3v) is 3.92. The van der Waals surface area contributed by atoms with Gasteiger partial charge in [-0.05, 0) is 18.2 Å². The second kappa shape index (κ2) is 6.76. The van der Waals surface area contributed by atoms with E-state index in [1.165, 1.54) is 10.9 Å². The van der Waals surface area contributed by atoms with Crippen LogP contribution in [0.15, 0.2) is 47.6 Å². The Morgan fingerprint density at radius 3 is 2.91 bits per heavy atom. The van der Waals surface area contributed by atoms with Crippen molar-refractivity contribution in [3.63, 3.8) is 0 Å². The van der Waals surface area contributed by atoms with Gasteiger partial charge in [-0.25, -0.2) is 10.1 Å². The van der Waals surface area contributed by atoms with Gasteiger partial charge in [-0.2, -0.15) is 5.10 Å². The number of aromatic nitrogens is 3. The van der Waals surface area contributed by atoms with Gasteiger partial charge in [0.2, 0.25) is 0 Å². The highest BCUT2D eigenvalue weighted by Gasteiger charge is 2.07. The molecule has 0 saturated carbocycles. The molecule has 1 aromatic heterocycles. The van der Waals surface area contributed by atoms with E-state index < -0.39 is 0 Å². The Kier molecular flexibility index (Phi) is 4.55. The van der Waals surface area contributed by atoms with Crippen LogP contribution in [-0.4, -0.2) is 27.1 Å². The summed E-state index contributed by atoms with van der Waals surface area (Å²) in [6, 6.07) is 12.6. The largest absolute Gasteiger partial charge is 0.271 e. The Morgan fingerprint density at radius 2 is 2.04 bits per heavy atom. The number of hydrazone groups is 1. The van der Waals surface area contributed by atoms with E-state index >= 15 is 0 Å². The molecule has 0 atom stereocenters. The second-order valence-corrected chi connectivity index (χ2v) is 5.46. The summed E-state index contributed by atoms with van der Waals surface area (Å²) in [5.41, 5.74) is 4.55. The van der Waals surface area contributed by atoms with E-state index in [0.717, 1.165) is 11.0 Å². The Hall–Kier alpha value is -2.44. The number of fused-ring (bicyclic) bond motifs is 1. The molecule has 8 heteroatoms. The highest BCUT2D eigenvalue weighted by Crippen LogP contribution is 2.24. The minimum Gasteiger partial charge on any atom is -0.271 e. The van der Waals surface area contributed by atoms with Gasteiger partial charge in [0, 0.05) is 5.56 Å². The lowest BCUT2D eigenvalue weighted by atomic mass is 10.2. The van der Waals surface area contributed by atoms with Crippen LogP contribution >= 0.6 is 23.2 Å². The first kappa shape index (κ1) is 15.5. The van der Waals surface area contributed by atoms with Crippen molar-refractivity contribution in [1.82, 2.24) is 20.4 Å². The van der Waals surface area contributed by atoms with Crippen LogP contribution in [0.4, 0.5) is 0 Å². The molecule has 0 aliphatic rings. The minimum atomic E-state index is -0.324. The van der Waals surface area contributed by atoms with E-state index in [0.29, 0.717) is 15.6 Å². The van der Waals surface area contributed by atoms with Crippen molar-refractivity contribution in [1.29, 1.82) is 0 Å². The van der Waals surface area contributed by atoms with Crippen LogP contribution < -0.4 is 5.43 Å². The minimum absolute atomic E-state index is 0.0150. The van der Waals surface area contributed by atoms with Crippen LogP contribution in [0, 0.1) is 0 Å². The highest BCUT2D eigenvalue weighted by molar-refractivity contribution is 6.43. The molecule has 0 aliphatic heterocycles. The molecular formula is C15H11Cl2N5O. The summed E-state index contributed by atoms with van der Waals surface area (Å²) >= 11 is 11.9. The van der Waals surface area contributed by atoms with Gasteiger partial charge in [0.25, 0.3) is 5.91 Å². The maximum absolute atomic E-state index is 11.9. The van der Waals surface area contributed by atoms with Crippen LogP contribution in [0.2, 0.25) is 10.0 Å². The van der Waals surface area contributed by atoms with Gasteiger partial charge in [0.15, 0.2) is 0 Å². The molecule has 116 valence electrons. The maximum atomic E-state index is 11.9. The Labute approximate surface area is 141 Å². The molecule has 0 saturated heterocycles. The van der Waals surface area contributed by atoms with Crippen molar-refractivity contribution in [3.05, 3.63) is 58.1 Å². The van der Waals surface area contributed by atoms with Crippen LogP contribution in [-0.2, 0) is 11.3 Å². The Bertz CT molecular complexity index is 890. The van der Waals surface area contributed by atoms with Crippen LogP contribution in [0.1, 0.15) is 5.56 Å². The number of carbonyl (C=O) groups is 1. The summed E-state index contributed by atoms with van der Waals surface area (Å²) in [5.74, 6) is -0.324. The molecule has 0 fully saturated rings. The molecule has 3 aromatic rings. The van der Waals surface area contributed by atoms with Gasteiger partial charge >= 0.3 is 0 Å². The number of rotatable bonds is 4. The van der Waals surface area contributed by atoms with E-state index in [9.17, 15) is 4.79 Å². The smallest absolute Gasteiger partial charge is 0.261 e. The predicted molar refractivity (Wildman–Crippen MR) is 89.7 cm³/mol. The summed E-state index contributed by atoms with van der Waals surface area (Å²) in [7, 11) is 0. The molecule has 0 spiro atoms. The zero-order valence-electron chi connectivity index (χ0n) is 11.8. The first-order chi connectivity index (χ1) is 11.1. The molecule has 3 rings (SSSR count). The van der Waals surface area contributed by atoms with Gasteiger partial charge in [-0.1, -0.05) is 52.7 Å². The van der Waals surface area contributed by atoms with Crippen LogP contribution in [0.25, 0.3) is 11.0 Å². The number of halogens is 2. The first-order valence-electron chi connectivity index (χ1n) is 6.69. The highest BCUT2D eigenvalue weighted by atomic mass is 35.5. The molecule has 0 bridgehead atoms. The van der Waals surface area contributed by atoms with Gasteiger partial charge in [0.1, 0.15) is 12.1 Å². The van der Waals surface area contributed by atoms with Crippen molar-refractivity contribution in [3.8, 4) is 0 Å². The number of nitrogens with zero attached hydrogens (tertiary/aromatic N) is 4. The normalized spacial score (nSPS) is 11.2. The fourth-order valence-electron chi connectivity index (χ4n) is 2.00. The van der Waals surface area contributed by atoms with E-state index in [-0.39, 0.29) is 12.5 Å². The molecule has 0 radical (unpaired) electrons. The molecule has 23 heavy (non-hydrogen) atoms. The number of nitrogens with one attached hydrogen (secondary N) is 1. The molecule has 0 unspecified atom stereocenters. The lowest BCUT2D eigenvalue weighted by molar-refractivity contribution is -0.121. The molecule has 2 aromatic carbocycles. The van der Waals surface area contributed by atoms with Gasteiger partial charge < -0.3 is 0 Å². The summed E-state index contributed by atoms with van der Waals surface area (Å²) < 4.78 is 1.51. The standard InChI is InChI=1S/C15H11Cl2N5O/c16-11-5-3-4-10(15(11)17)8-18-20-14(23)9-22-13-7-2-1-6-12(13)19-21-22/h1-8H,9H2,(H,20,23). The molecule has 6 nitrogen and oxygen atoms in total. The Morgan fingerprint density at radius 1 is 1.22 bits per heavy atom. The molecule has 1 heterocycles. The van der Waals surface area contributed by atoms with Crippen molar-refractivity contribution >= 4 is 46.4 Å². The second-order valence-electron chi connectivity index (χ2n) is 4.67. The summed E-state index contributed by atoms with van der Waals surface area (Å²) in [4.78, 5) is 11.9. The fraction of sp³-hybridized carbons (Fsp3) is 0.0667. The number of hydrogen-bond acceptors (Lipinski definition) is 4. The zero-order chi connectivity index (χ0) is 16.2. The van der Waals surface area contributed by atoms with E-state index in [4.69, 9.17) is 23.2 Å². The third kappa shape index (κ3) is 3.49. The average molecular weight is 348 g/mol. The summed E-state index contributed by atoms with van der Waals surface area (Å²) in [6.07, 6.45) is 1.44. The predicted octanol–water partition coefficient (Wildman–Crippen LogP) is 2.89. The van der Waals surface area contributed by atoms with E-state index in [1.54, 1.807) is 18.2 Å². The lowest BCUT2D eigenvalue weighted by Crippen LogP contribution is -2.23. The average Bonchev–Trinajstić information content (AvgIpc) is 2.95. The summed E-state index contributed by atoms with van der Waals surface area (Å²) in [5, 5.41) is 12.6. The first-order valence-corrected chi connectivity index (χ1v) is 7.45. The third-order valence-electron chi connectivity index (χ3n) is 3.09. The number of carbonyl (C=O) groups excluding carboxylic acids is 1. The van der Waals surface area contributed by atoms with Crippen molar-refractivity contribution < 1.29 is 4.79 Å². The summed E-state index contributed by atoms with van der Waals surface area (Å²) in [6.45, 7) is 0.0150. The quantitative estimate of drug-likeness (QED) is 0.582. The molecule has 1 amide bonds. The maximum Gasteiger partial charge on any atom is 0.261 e. The van der Waals surface area contributed by atoms with E-state index in [2.05, 4.69) is 20.8 Å². The number of para-hydroxylation sites is 1. The monoisotopic (exact) mass is 347 g/mol. The van der Waals surface area contributed by atoms with Crippen LogP contribution in [0.3, 0.4) is 0 Å². The Balaban J connectivity index is 1.66. The molecule has 0 aliphatic carbocycles. The number of benzene rings is 2. The molecular weight excluding hydrogens is 337 g/mol. The van der Waals surface area contributed by atoms with E-state index in [1.807, 2.05) is 24.3 Å². The SMILES string of the molecule is O=C(Cn1nnc2ccccc21)NN=Cc1cccc(Cl)c1Cl. The number of hydrogen-bond donors (Lipinski definition) is 1. The number of amides is 1. The van der Waals surface area contributed by atoms with Gasteiger partial charge in [-0.3, -0.25) is 4.79 Å². The van der Waals surface area contributed by atoms with Crippen LogP contribution in [0.5, 0.6) is 0 Å². The van der Waals surface area contributed by atoms with Gasteiger partial charge in [0.05, 0.1) is 21.8 Å². The molecule has 1 N–H and O–H groups in total.